The van der Waals surface area contributed by atoms with Gasteiger partial charge in [-0.25, -0.2) is 0 Å². The molecule has 2 aromatic carbocycles. The van der Waals surface area contributed by atoms with Crippen LogP contribution in [0.4, 0.5) is 0 Å². The molecule has 90 valence electrons. The fraction of sp³-hybridized carbons (Fsp3) is 0.333. The molecule has 0 saturated heterocycles. The Morgan fingerprint density at radius 3 is 1.61 bits per heavy atom. The van der Waals surface area contributed by atoms with Crippen LogP contribution in [0.2, 0.25) is 0 Å². The second kappa shape index (κ2) is 3.71. The minimum Gasteiger partial charge on any atom is -0.0620 e. The maximum absolute atomic E-state index is 2.35. The SMILES string of the molecule is CC1c2ccccc2C(C2CC2)c2ccccc21. The summed E-state index contributed by atoms with van der Waals surface area (Å²) in [4.78, 5) is 0. The summed E-state index contributed by atoms with van der Waals surface area (Å²) in [6.07, 6.45) is 2.81. The van der Waals surface area contributed by atoms with Crippen LogP contribution in [0.3, 0.4) is 0 Å². The molecular formula is C18H18. The first-order chi connectivity index (χ1) is 8.86. The first-order valence-electron chi connectivity index (χ1n) is 7.04. The van der Waals surface area contributed by atoms with Crippen molar-refractivity contribution in [1.29, 1.82) is 0 Å². The summed E-state index contributed by atoms with van der Waals surface area (Å²) in [5.74, 6) is 2.10. The van der Waals surface area contributed by atoms with Gasteiger partial charge in [-0.3, -0.25) is 0 Å². The fourth-order valence-corrected chi connectivity index (χ4v) is 3.65. The third-order valence-corrected chi connectivity index (χ3v) is 4.69. The highest BCUT2D eigenvalue weighted by Gasteiger charge is 2.39. The van der Waals surface area contributed by atoms with Crippen LogP contribution in [0, 0.1) is 5.92 Å². The molecule has 1 saturated carbocycles. The molecule has 0 spiro atoms. The second-order valence-electron chi connectivity index (χ2n) is 5.79. The van der Waals surface area contributed by atoms with Gasteiger partial charge in [-0.05, 0) is 41.0 Å². The maximum Gasteiger partial charge on any atom is 0.0123 e. The molecule has 0 aromatic heterocycles. The van der Waals surface area contributed by atoms with E-state index in [1.807, 2.05) is 0 Å². The normalized spacial score (nSPS) is 25.4. The predicted molar refractivity (Wildman–Crippen MR) is 75.0 cm³/mol. The summed E-state index contributed by atoms with van der Waals surface area (Å²) in [6.45, 7) is 2.35. The van der Waals surface area contributed by atoms with Crippen LogP contribution < -0.4 is 0 Å². The molecule has 1 fully saturated rings. The van der Waals surface area contributed by atoms with Crippen LogP contribution in [0.1, 0.15) is 53.9 Å². The Balaban J connectivity index is 1.97. The first kappa shape index (κ1) is 10.4. The van der Waals surface area contributed by atoms with Crippen LogP contribution in [0.15, 0.2) is 48.5 Å². The van der Waals surface area contributed by atoms with Gasteiger partial charge in [0.1, 0.15) is 0 Å². The smallest absolute Gasteiger partial charge is 0.0123 e. The number of hydrogen-bond donors (Lipinski definition) is 0. The molecule has 2 aliphatic carbocycles. The van der Waals surface area contributed by atoms with Crippen molar-refractivity contribution in [3.05, 3.63) is 70.8 Å². The third kappa shape index (κ3) is 1.38. The molecule has 18 heavy (non-hydrogen) atoms. The van der Waals surface area contributed by atoms with Gasteiger partial charge in [0.05, 0.1) is 0 Å². The molecule has 2 aromatic rings. The molecule has 4 rings (SSSR count). The number of hydrogen-bond acceptors (Lipinski definition) is 0. The molecule has 0 atom stereocenters. The highest BCUT2D eigenvalue weighted by atomic mass is 14.4. The molecule has 0 amide bonds. The van der Waals surface area contributed by atoms with Crippen LogP contribution >= 0.6 is 0 Å². The van der Waals surface area contributed by atoms with Crippen molar-refractivity contribution >= 4 is 0 Å². The molecule has 0 heterocycles. The van der Waals surface area contributed by atoms with Crippen LogP contribution in [0.5, 0.6) is 0 Å². The summed E-state index contributed by atoms with van der Waals surface area (Å²) in [5.41, 5.74) is 6.28. The monoisotopic (exact) mass is 234 g/mol. The van der Waals surface area contributed by atoms with E-state index in [0.717, 1.165) is 5.92 Å². The van der Waals surface area contributed by atoms with Crippen molar-refractivity contribution in [3.63, 3.8) is 0 Å². The van der Waals surface area contributed by atoms with Crippen molar-refractivity contribution < 1.29 is 0 Å². The topological polar surface area (TPSA) is 0 Å². The highest BCUT2D eigenvalue weighted by Crippen LogP contribution is 2.53. The Kier molecular flexibility index (Phi) is 2.14. The second-order valence-corrected chi connectivity index (χ2v) is 5.79. The average molecular weight is 234 g/mol. The van der Waals surface area contributed by atoms with E-state index in [-0.39, 0.29) is 0 Å². The van der Waals surface area contributed by atoms with Gasteiger partial charge < -0.3 is 0 Å². The lowest BCUT2D eigenvalue weighted by Gasteiger charge is -2.32. The Morgan fingerprint density at radius 1 is 0.722 bits per heavy atom. The molecule has 0 aliphatic heterocycles. The van der Waals surface area contributed by atoms with Gasteiger partial charge in [-0.15, -0.1) is 0 Å². The summed E-state index contributed by atoms with van der Waals surface area (Å²) in [7, 11) is 0. The molecule has 0 bridgehead atoms. The zero-order valence-corrected chi connectivity index (χ0v) is 10.8. The Morgan fingerprint density at radius 2 is 1.17 bits per heavy atom. The van der Waals surface area contributed by atoms with Gasteiger partial charge >= 0.3 is 0 Å². The van der Waals surface area contributed by atoms with Gasteiger partial charge in [-0.2, -0.15) is 0 Å². The quantitative estimate of drug-likeness (QED) is 0.671. The van der Waals surface area contributed by atoms with Crippen molar-refractivity contribution in [2.45, 2.75) is 31.6 Å². The lowest BCUT2D eigenvalue weighted by molar-refractivity contribution is 0.652. The van der Waals surface area contributed by atoms with E-state index in [1.165, 1.54) is 12.8 Å². The number of rotatable bonds is 1. The number of benzene rings is 2. The van der Waals surface area contributed by atoms with Gasteiger partial charge in [-0.1, -0.05) is 55.5 Å². The molecule has 0 N–H and O–H groups in total. The Hall–Kier alpha value is -1.56. The molecule has 0 unspecified atom stereocenters. The van der Waals surface area contributed by atoms with E-state index in [4.69, 9.17) is 0 Å². The summed E-state index contributed by atoms with van der Waals surface area (Å²) < 4.78 is 0. The summed E-state index contributed by atoms with van der Waals surface area (Å²) in [5, 5.41) is 0. The molecule has 2 aliphatic rings. The summed E-state index contributed by atoms with van der Waals surface area (Å²) >= 11 is 0. The number of fused-ring (bicyclic) bond motifs is 2. The van der Waals surface area contributed by atoms with Gasteiger partial charge in [0.2, 0.25) is 0 Å². The van der Waals surface area contributed by atoms with Crippen molar-refractivity contribution in [2.24, 2.45) is 5.92 Å². The Labute approximate surface area is 109 Å². The zero-order chi connectivity index (χ0) is 12.1. The van der Waals surface area contributed by atoms with E-state index in [9.17, 15) is 0 Å². The maximum atomic E-state index is 2.35. The average Bonchev–Trinajstić information content (AvgIpc) is 3.24. The van der Waals surface area contributed by atoms with Gasteiger partial charge in [0, 0.05) is 11.8 Å². The predicted octanol–water partition coefficient (Wildman–Crippen LogP) is 4.69. The molecule has 0 nitrogen and oxygen atoms in total. The minimum atomic E-state index is 0.549. The van der Waals surface area contributed by atoms with Crippen LogP contribution in [-0.4, -0.2) is 0 Å². The highest BCUT2D eigenvalue weighted by molar-refractivity contribution is 5.53. The van der Waals surface area contributed by atoms with Crippen molar-refractivity contribution in [1.82, 2.24) is 0 Å². The largest absolute Gasteiger partial charge is 0.0620 e. The minimum absolute atomic E-state index is 0.549. The van der Waals surface area contributed by atoms with E-state index in [1.54, 1.807) is 22.3 Å². The van der Waals surface area contributed by atoms with Crippen molar-refractivity contribution in [2.75, 3.05) is 0 Å². The molecule has 0 heteroatoms. The zero-order valence-electron chi connectivity index (χ0n) is 10.8. The summed E-state index contributed by atoms with van der Waals surface area (Å²) in [6, 6.07) is 18.1. The molecular weight excluding hydrogens is 216 g/mol. The Bertz CT molecular complexity index is 545. The van der Waals surface area contributed by atoms with E-state index in [0.29, 0.717) is 11.8 Å². The van der Waals surface area contributed by atoms with Gasteiger partial charge in [0.25, 0.3) is 0 Å². The van der Waals surface area contributed by atoms with E-state index < -0.39 is 0 Å². The van der Waals surface area contributed by atoms with E-state index >= 15 is 0 Å². The molecule has 0 radical (unpaired) electrons. The van der Waals surface area contributed by atoms with Crippen LogP contribution in [-0.2, 0) is 0 Å². The van der Waals surface area contributed by atoms with Crippen LogP contribution in [0.25, 0.3) is 0 Å². The van der Waals surface area contributed by atoms with Crippen molar-refractivity contribution in [3.8, 4) is 0 Å². The third-order valence-electron chi connectivity index (χ3n) is 4.69. The first-order valence-corrected chi connectivity index (χ1v) is 7.04. The fourth-order valence-electron chi connectivity index (χ4n) is 3.65. The lowest BCUT2D eigenvalue weighted by Crippen LogP contribution is -2.17. The van der Waals surface area contributed by atoms with E-state index in [2.05, 4.69) is 55.5 Å². The van der Waals surface area contributed by atoms with Gasteiger partial charge in [0.15, 0.2) is 0 Å². The lowest BCUT2D eigenvalue weighted by atomic mass is 9.71. The standard InChI is InChI=1S/C18H18/c1-12-14-6-2-4-8-16(14)18(13-10-11-13)17-9-5-3-7-15(12)17/h2-9,12-13,18H,10-11H2,1H3.